The Bertz CT molecular complexity index is 983. The second-order valence-electron chi connectivity index (χ2n) is 5.27. The number of rotatable bonds is 4. The van der Waals surface area contributed by atoms with Crippen LogP contribution in [0.3, 0.4) is 0 Å². The fourth-order valence-electron chi connectivity index (χ4n) is 2.49. The average Bonchev–Trinajstić information content (AvgIpc) is 2.58. The van der Waals surface area contributed by atoms with Gasteiger partial charge in [-0.05, 0) is 18.6 Å². The highest BCUT2D eigenvalue weighted by Gasteiger charge is 2.29. The van der Waals surface area contributed by atoms with Gasteiger partial charge in [0.2, 0.25) is 5.52 Å². The minimum atomic E-state index is -0.742. The fraction of sp³-hybridized carbons (Fsp3) is 0.0625. The number of hydrogen-bond donors (Lipinski definition) is 0. The van der Waals surface area contributed by atoms with Crippen molar-refractivity contribution in [2.24, 2.45) is 0 Å². The summed E-state index contributed by atoms with van der Waals surface area (Å²) in [5.74, 6) is -0.368. The van der Waals surface area contributed by atoms with Crippen LogP contribution in [0.25, 0.3) is 10.9 Å². The lowest BCUT2D eigenvalue weighted by Crippen LogP contribution is -2.25. The molecule has 1 heterocycles. The van der Waals surface area contributed by atoms with Crippen molar-refractivity contribution < 1.29 is 19.3 Å². The molecule has 0 saturated heterocycles. The van der Waals surface area contributed by atoms with Gasteiger partial charge in [0.15, 0.2) is 6.20 Å². The van der Waals surface area contributed by atoms with Crippen molar-refractivity contribution in [2.75, 3.05) is 0 Å². The van der Waals surface area contributed by atoms with Gasteiger partial charge in [-0.1, -0.05) is 12.1 Å². The van der Waals surface area contributed by atoms with Crippen LogP contribution in [0.5, 0.6) is 11.5 Å². The molecule has 0 saturated carbocycles. The molecule has 0 aliphatic heterocycles. The Morgan fingerprint density at radius 2 is 1.60 bits per heavy atom. The van der Waals surface area contributed by atoms with Crippen molar-refractivity contribution in [1.82, 2.24) is 0 Å². The molecule has 9 nitrogen and oxygen atoms in total. The predicted molar refractivity (Wildman–Crippen MR) is 87.5 cm³/mol. The molecule has 126 valence electrons. The third kappa shape index (κ3) is 2.90. The second-order valence-corrected chi connectivity index (χ2v) is 5.27. The lowest BCUT2D eigenvalue weighted by molar-refractivity contribution is -0.577. The standard InChI is InChI=1S/C16H11N3O6/c1-10-8-13(18(21)22)16(14(9-10)19(23)24)25-15-6-7-17(20)12-5-3-2-4-11(12)15/h2-9H,1H3. The number of pyridine rings is 1. The van der Waals surface area contributed by atoms with Crippen LogP contribution in [0.4, 0.5) is 11.4 Å². The van der Waals surface area contributed by atoms with Crippen LogP contribution in [-0.4, -0.2) is 9.85 Å². The van der Waals surface area contributed by atoms with Gasteiger partial charge < -0.3 is 9.94 Å². The molecule has 0 radical (unpaired) electrons. The summed E-state index contributed by atoms with van der Waals surface area (Å²) in [7, 11) is 0. The highest BCUT2D eigenvalue weighted by atomic mass is 16.6. The number of nitro groups is 2. The predicted octanol–water partition coefficient (Wildman–Crippen LogP) is 3.39. The lowest BCUT2D eigenvalue weighted by atomic mass is 10.1. The Labute approximate surface area is 140 Å². The average molecular weight is 341 g/mol. The first-order chi connectivity index (χ1) is 11.9. The molecule has 2 aromatic carbocycles. The molecule has 0 atom stereocenters. The smallest absolute Gasteiger partial charge is 0.319 e. The molecule has 0 aliphatic carbocycles. The number of aryl methyl sites for hydroxylation is 1. The van der Waals surface area contributed by atoms with E-state index in [2.05, 4.69) is 0 Å². The fourth-order valence-corrected chi connectivity index (χ4v) is 2.49. The van der Waals surface area contributed by atoms with Gasteiger partial charge in [-0.3, -0.25) is 20.2 Å². The summed E-state index contributed by atoms with van der Waals surface area (Å²) in [5.41, 5.74) is -0.400. The SMILES string of the molecule is Cc1cc([N+](=O)[O-])c(Oc2cc[n+]([O-])c3ccccc23)c([N+](=O)[O-])c1. The normalized spacial score (nSPS) is 10.6. The van der Waals surface area contributed by atoms with E-state index < -0.39 is 27.0 Å². The quantitative estimate of drug-likeness (QED) is 0.310. The van der Waals surface area contributed by atoms with E-state index in [1.807, 2.05) is 0 Å². The molecule has 0 N–H and O–H groups in total. The van der Waals surface area contributed by atoms with Gasteiger partial charge in [0.05, 0.1) is 15.2 Å². The first kappa shape index (κ1) is 16.1. The Hall–Kier alpha value is -3.75. The van der Waals surface area contributed by atoms with Gasteiger partial charge in [-0.25, -0.2) is 0 Å². The zero-order valence-electron chi connectivity index (χ0n) is 12.9. The van der Waals surface area contributed by atoms with Gasteiger partial charge in [0, 0.05) is 24.3 Å². The maximum absolute atomic E-state index is 11.8. The van der Waals surface area contributed by atoms with Crippen molar-refractivity contribution >= 4 is 22.3 Å². The third-order valence-electron chi connectivity index (χ3n) is 3.57. The number of aromatic nitrogens is 1. The summed E-state index contributed by atoms with van der Waals surface area (Å²) in [6, 6.07) is 10.1. The number of hydrogen-bond acceptors (Lipinski definition) is 6. The largest absolute Gasteiger partial charge is 0.618 e. The molecule has 3 rings (SSSR count). The molecular formula is C16H11N3O6. The second kappa shape index (κ2) is 6.04. The number of fused-ring (bicyclic) bond motifs is 1. The maximum atomic E-state index is 11.8. The molecule has 0 spiro atoms. The van der Waals surface area contributed by atoms with Gasteiger partial charge in [0.1, 0.15) is 5.75 Å². The molecule has 3 aromatic rings. The van der Waals surface area contributed by atoms with E-state index >= 15 is 0 Å². The molecule has 1 aromatic heterocycles. The topological polar surface area (TPSA) is 122 Å². The van der Waals surface area contributed by atoms with Crippen molar-refractivity contribution in [3.63, 3.8) is 0 Å². The van der Waals surface area contributed by atoms with E-state index in [0.717, 1.165) is 0 Å². The van der Waals surface area contributed by atoms with Crippen LogP contribution >= 0.6 is 0 Å². The van der Waals surface area contributed by atoms with E-state index in [0.29, 0.717) is 15.7 Å². The zero-order chi connectivity index (χ0) is 18.1. The number of benzene rings is 2. The minimum absolute atomic E-state index is 0.109. The van der Waals surface area contributed by atoms with Crippen molar-refractivity contribution in [1.29, 1.82) is 0 Å². The highest BCUT2D eigenvalue weighted by Crippen LogP contribution is 2.41. The molecule has 9 heteroatoms. The van der Waals surface area contributed by atoms with Crippen molar-refractivity contribution in [3.05, 3.63) is 79.7 Å². The van der Waals surface area contributed by atoms with Crippen LogP contribution in [0, 0.1) is 32.4 Å². The lowest BCUT2D eigenvalue weighted by Gasteiger charge is -2.10. The van der Waals surface area contributed by atoms with Gasteiger partial charge >= 0.3 is 11.4 Å². The summed E-state index contributed by atoms with van der Waals surface area (Å²) in [4.78, 5) is 21.1. The molecule has 25 heavy (non-hydrogen) atoms. The van der Waals surface area contributed by atoms with E-state index in [1.54, 1.807) is 24.3 Å². The number of para-hydroxylation sites is 1. The summed E-state index contributed by atoms with van der Waals surface area (Å²) >= 11 is 0. The Morgan fingerprint density at radius 1 is 1.00 bits per heavy atom. The van der Waals surface area contributed by atoms with E-state index in [9.17, 15) is 25.4 Å². The summed E-state index contributed by atoms with van der Waals surface area (Å²) in [6.45, 7) is 1.52. The van der Waals surface area contributed by atoms with Crippen molar-refractivity contribution in [2.45, 2.75) is 6.92 Å². The molecule has 0 bridgehead atoms. The van der Waals surface area contributed by atoms with E-state index in [4.69, 9.17) is 4.74 Å². The molecular weight excluding hydrogens is 330 g/mol. The molecule has 0 aliphatic rings. The van der Waals surface area contributed by atoms with E-state index in [1.165, 1.54) is 31.3 Å². The van der Waals surface area contributed by atoms with E-state index in [-0.39, 0.29) is 11.3 Å². The first-order valence-electron chi connectivity index (χ1n) is 7.10. The maximum Gasteiger partial charge on any atom is 0.319 e. The van der Waals surface area contributed by atoms with Crippen molar-refractivity contribution in [3.8, 4) is 11.5 Å². The summed E-state index contributed by atoms with van der Waals surface area (Å²) in [5, 5.41) is 34.8. The minimum Gasteiger partial charge on any atom is -0.618 e. The molecule has 0 amide bonds. The van der Waals surface area contributed by atoms with Gasteiger partial charge in [0.25, 0.3) is 5.75 Å². The van der Waals surface area contributed by atoms with Crippen LogP contribution in [0.2, 0.25) is 0 Å². The van der Waals surface area contributed by atoms with Gasteiger partial charge in [-0.2, -0.15) is 4.73 Å². The van der Waals surface area contributed by atoms with Crippen LogP contribution in [-0.2, 0) is 0 Å². The summed E-state index contributed by atoms with van der Waals surface area (Å²) in [6.07, 6.45) is 1.17. The Balaban J connectivity index is 2.24. The van der Waals surface area contributed by atoms with Gasteiger partial charge in [-0.15, -0.1) is 0 Å². The summed E-state index contributed by atoms with van der Waals surface area (Å²) < 4.78 is 6.16. The number of nitro benzene ring substituents is 2. The van der Waals surface area contributed by atoms with Crippen LogP contribution in [0.15, 0.2) is 48.7 Å². The first-order valence-corrected chi connectivity index (χ1v) is 7.10. The number of ether oxygens (including phenoxy) is 1. The zero-order valence-corrected chi connectivity index (χ0v) is 12.9. The van der Waals surface area contributed by atoms with Crippen LogP contribution < -0.4 is 9.47 Å². The third-order valence-corrected chi connectivity index (χ3v) is 3.57. The number of nitrogens with zero attached hydrogens (tertiary/aromatic N) is 3. The van der Waals surface area contributed by atoms with Crippen LogP contribution in [0.1, 0.15) is 5.56 Å². The highest BCUT2D eigenvalue weighted by molar-refractivity contribution is 5.83. The molecule has 0 unspecified atom stereocenters. The Morgan fingerprint density at radius 3 is 2.20 bits per heavy atom. The molecule has 0 fully saturated rings. The monoisotopic (exact) mass is 341 g/mol. The Kier molecular flexibility index (Phi) is 3.89.